The van der Waals surface area contributed by atoms with Crippen LogP contribution in [0.2, 0.25) is 0 Å². The average Bonchev–Trinajstić information content (AvgIpc) is 2.67. The number of hydrogen-bond donors (Lipinski definition) is 7. The standard InChI is InChI=1S/C18H33N5O7S/c1-9(2)6-12(16(27)21-11(18(29)30)4-5-31-3)23-17(28)13(7-14(20)25)22-15(26)10(19)8-24/h9-13,24H,4-8,19H2,1-3H3,(H2,20,25)(H,21,27)(H,22,26)(H,23,28)(H,29,30). The normalized spacial score (nSPS) is 14.8. The number of amides is 4. The second kappa shape index (κ2) is 14.6. The molecule has 31 heavy (non-hydrogen) atoms. The van der Waals surface area contributed by atoms with E-state index in [0.29, 0.717) is 5.75 Å². The zero-order chi connectivity index (χ0) is 24.1. The Balaban J connectivity index is 5.44. The van der Waals surface area contributed by atoms with Gasteiger partial charge in [-0.25, -0.2) is 4.79 Å². The molecule has 0 bridgehead atoms. The highest BCUT2D eigenvalue weighted by Gasteiger charge is 2.31. The SMILES string of the molecule is CSCCC(NC(=O)C(CC(C)C)NC(=O)C(CC(N)=O)NC(=O)C(N)CO)C(=O)O. The molecule has 4 amide bonds. The minimum atomic E-state index is -1.42. The van der Waals surface area contributed by atoms with Crippen LogP contribution in [0, 0.1) is 5.92 Å². The topological polar surface area (TPSA) is 214 Å². The Kier molecular flexibility index (Phi) is 13.5. The summed E-state index contributed by atoms with van der Waals surface area (Å²) in [4.78, 5) is 60.0. The van der Waals surface area contributed by atoms with Crippen LogP contribution in [0.1, 0.15) is 33.1 Å². The number of nitrogens with two attached hydrogens (primary N) is 2. The second-order valence-electron chi connectivity index (χ2n) is 7.39. The van der Waals surface area contributed by atoms with Crippen molar-refractivity contribution in [3.63, 3.8) is 0 Å². The van der Waals surface area contributed by atoms with E-state index in [1.165, 1.54) is 11.8 Å². The van der Waals surface area contributed by atoms with Gasteiger partial charge in [-0.3, -0.25) is 19.2 Å². The summed E-state index contributed by atoms with van der Waals surface area (Å²) in [5.74, 6) is -4.06. The van der Waals surface area contributed by atoms with Crippen molar-refractivity contribution in [2.75, 3.05) is 18.6 Å². The average molecular weight is 464 g/mol. The monoisotopic (exact) mass is 463 g/mol. The number of aliphatic carboxylic acids is 1. The zero-order valence-electron chi connectivity index (χ0n) is 17.9. The van der Waals surface area contributed by atoms with Crippen molar-refractivity contribution < 1.29 is 34.2 Å². The Hall–Kier alpha value is -2.38. The predicted octanol–water partition coefficient (Wildman–Crippen LogP) is -2.48. The van der Waals surface area contributed by atoms with E-state index in [-0.39, 0.29) is 18.8 Å². The van der Waals surface area contributed by atoms with Gasteiger partial charge < -0.3 is 37.6 Å². The molecule has 4 atom stereocenters. The number of aliphatic hydroxyl groups is 1. The molecule has 0 aromatic rings. The van der Waals surface area contributed by atoms with Crippen LogP contribution >= 0.6 is 11.8 Å². The molecule has 0 aromatic heterocycles. The van der Waals surface area contributed by atoms with Crippen molar-refractivity contribution in [1.29, 1.82) is 0 Å². The van der Waals surface area contributed by atoms with E-state index in [0.717, 1.165) is 0 Å². The molecule has 0 aliphatic heterocycles. The van der Waals surface area contributed by atoms with E-state index in [1.807, 2.05) is 0 Å². The van der Waals surface area contributed by atoms with Gasteiger partial charge in [-0.05, 0) is 30.8 Å². The Morgan fingerprint density at radius 2 is 1.45 bits per heavy atom. The molecule has 9 N–H and O–H groups in total. The molecule has 12 nitrogen and oxygen atoms in total. The molecule has 0 rings (SSSR count). The summed E-state index contributed by atoms with van der Waals surface area (Å²) in [6, 6.07) is -4.97. The molecule has 0 saturated heterocycles. The first kappa shape index (κ1) is 28.6. The fourth-order valence-corrected chi connectivity index (χ4v) is 2.98. The molecule has 0 saturated carbocycles. The lowest BCUT2D eigenvalue weighted by molar-refractivity contribution is -0.142. The van der Waals surface area contributed by atoms with Gasteiger partial charge in [-0.1, -0.05) is 13.8 Å². The lowest BCUT2D eigenvalue weighted by Crippen LogP contribution is -2.58. The van der Waals surface area contributed by atoms with Gasteiger partial charge in [0.1, 0.15) is 24.2 Å². The molecule has 0 spiro atoms. The van der Waals surface area contributed by atoms with E-state index in [4.69, 9.17) is 16.6 Å². The van der Waals surface area contributed by atoms with Crippen molar-refractivity contribution in [1.82, 2.24) is 16.0 Å². The first-order valence-electron chi connectivity index (χ1n) is 9.70. The number of aliphatic hydroxyl groups excluding tert-OH is 1. The van der Waals surface area contributed by atoms with Gasteiger partial charge in [0, 0.05) is 0 Å². The highest BCUT2D eigenvalue weighted by molar-refractivity contribution is 7.98. The summed E-state index contributed by atoms with van der Waals surface area (Å²) in [6.07, 6.45) is 1.62. The molecular formula is C18H33N5O7S. The summed E-state index contributed by atoms with van der Waals surface area (Å²) in [6.45, 7) is 2.93. The van der Waals surface area contributed by atoms with Gasteiger partial charge in [0.15, 0.2) is 0 Å². The summed E-state index contributed by atoms with van der Waals surface area (Å²) >= 11 is 1.43. The minimum absolute atomic E-state index is 0.0440. The smallest absolute Gasteiger partial charge is 0.326 e. The number of carbonyl (C=O) groups excluding carboxylic acids is 4. The molecular weight excluding hydrogens is 430 g/mol. The minimum Gasteiger partial charge on any atom is -0.480 e. The van der Waals surface area contributed by atoms with Gasteiger partial charge in [-0.15, -0.1) is 0 Å². The highest BCUT2D eigenvalue weighted by atomic mass is 32.2. The van der Waals surface area contributed by atoms with E-state index < -0.39 is 66.8 Å². The molecule has 0 aromatic carbocycles. The maximum atomic E-state index is 12.7. The number of thioether (sulfide) groups is 1. The zero-order valence-corrected chi connectivity index (χ0v) is 18.7. The summed E-state index contributed by atoms with van der Waals surface area (Å²) in [7, 11) is 0. The van der Waals surface area contributed by atoms with Crippen LogP contribution in [-0.4, -0.2) is 82.6 Å². The number of primary amides is 1. The van der Waals surface area contributed by atoms with Crippen molar-refractivity contribution in [2.45, 2.75) is 57.3 Å². The van der Waals surface area contributed by atoms with Crippen LogP contribution < -0.4 is 27.4 Å². The van der Waals surface area contributed by atoms with Crippen molar-refractivity contribution >= 4 is 41.4 Å². The van der Waals surface area contributed by atoms with Gasteiger partial charge in [0.2, 0.25) is 23.6 Å². The first-order valence-corrected chi connectivity index (χ1v) is 11.1. The van der Waals surface area contributed by atoms with E-state index >= 15 is 0 Å². The maximum Gasteiger partial charge on any atom is 0.326 e. The lowest BCUT2D eigenvalue weighted by Gasteiger charge is -2.25. The molecule has 13 heteroatoms. The van der Waals surface area contributed by atoms with Crippen LogP contribution in [0.3, 0.4) is 0 Å². The first-order chi connectivity index (χ1) is 14.4. The van der Waals surface area contributed by atoms with Crippen LogP contribution in [0.5, 0.6) is 0 Å². The Morgan fingerprint density at radius 1 is 0.935 bits per heavy atom. The number of carboxylic acid groups (broad SMARTS) is 1. The number of hydrogen-bond acceptors (Lipinski definition) is 8. The third kappa shape index (κ3) is 11.5. The Labute approximate surface area is 185 Å². The van der Waals surface area contributed by atoms with Crippen LogP contribution in [0.4, 0.5) is 0 Å². The number of carbonyl (C=O) groups is 5. The highest BCUT2D eigenvalue weighted by Crippen LogP contribution is 2.08. The van der Waals surface area contributed by atoms with Crippen LogP contribution in [0.15, 0.2) is 0 Å². The number of nitrogens with one attached hydrogen (secondary N) is 3. The van der Waals surface area contributed by atoms with Crippen LogP contribution in [0.25, 0.3) is 0 Å². The van der Waals surface area contributed by atoms with Gasteiger partial charge >= 0.3 is 5.97 Å². The van der Waals surface area contributed by atoms with Crippen molar-refractivity contribution in [2.24, 2.45) is 17.4 Å². The summed E-state index contributed by atoms with van der Waals surface area (Å²) < 4.78 is 0. The fourth-order valence-electron chi connectivity index (χ4n) is 2.51. The quantitative estimate of drug-likeness (QED) is 0.137. The van der Waals surface area contributed by atoms with Crippen molar-refractivity contribution in [3.05, 3.63) is 0 Å². The molecule has 0 heterocycles. The predicted molar refractivity (Wildman–Crippen MR) is 115 cm³/mol. The van der Waals surface area contributed by atoms with E-state index in [1.54, 1.807) is 20.1 Å². The van der Waals surface area contributed by atoms with Gasteiger partial charge in [0.25, 0.3) is 0 Å². The third-order valence-electron chi connectivity index (χ3n) is 4.14. The van der Waals surface area contributed by atoms with Gasteiger partial charge in [-0.2, -0.15) is 11.8 Å². The molecule has 0 fully saturated rings. The largest absolute Gasteiger partial charge is 0.480 e. The Morgan fingerprint density at radius 3 is 1.90 bits per heavy atom. The molecule has 4 unspecified atom stereocenters. The van der Waals surface area contributed by atoms with Crippen molar-refractivity contribution in [3.8, 4) is 0 Å². The maximum absolute atomic E-state index is 12.7. The molecule has 0 aliphatic rings. The second-order valence-corrected chi connectivity index (χ2v) is 8.38. The molecule has 0 aliphatic carbocycles. The fraction of sp³-hybridized carbons (Fsp3) is 0.722. The Bertz CT molecular complexity index is 647. The molecule has 0 radical (unpaired) electrons. The van der Waals surface area contributed by atoms with E-state index in [2.05, 4.69) is 16.0 Å². The van der Waals surface area contributed by atoms with Crippen LogP contribution in [-0.2, 0) is 24.0 Å². The summed E-state index contributed by atoms with van der Waals surface area (Å²) in [5.41, 5.74) is 10.5. The van der Waals surface area contributed by atoms with E-state index in [9.17, 15) is 29.1 Å². The summed E-state index contributed by atoms with van der Waals surface area (Å²) in [5, 5.41) is 25.4. The number of carboxylic acids is 1. The number of rotatable bonds is 15. The van der Waals surface area contributed by atoms with Gasteiger partial charge in [0.05, 0.1) is 13.0 Å². The molecule has 178 valence electrons. The third-order valence-corrected chi connectivity index (χ3v) is 4.78. The lowest BCUT2D eigenvalue weighted by atomic mass is 10.0.